The maximum Gasteiger partial charge on any atom is 0.407 e. The highest BCUT2D eigenvalue weighted by Crippen LogP contribution is 2.34. The predicted molar refractivity (Wildman–Crippen MR) is 250 cm³/mol. The smallest absolute Gasteiger partial charge is 0.407 e. The van der Waals surface area contributed by atoms with Gasteiger partial charge in [-0.15, -0.1) is 11.3 Å². The van der Waals surface area contributed by atoms with E-state index in [0.29, 0.717) is 44.2 Å². The molecular weight excluding hydrogens is 837 g/mol. The molecule has 1 aromatic heterocycles. The first kappa shape index (κ1) is 54.4. The fraction of sp³-hybridized carbons (Fsp3) is 0.708. The van der Waals surface area contributed by atoms with Crippen LogP contribution in [0.2, 0.25) is 0 Å². The number of nitrogens with zero attached hydrogens (tertiary/aromatic N) is 3. The average molecular weight is 915 g/mol. The van der Waals surface area contributed by atoms with Gasteiger partial charge in [0.05, 0.1) is 25.8 Å². The Morgan fingerprint density at radius 2 is 1.72 bits per heavy atom. The number of ether oxygens (including phenoxy) is 3. The molecule has 2 heterocycles. The van der Waals surface area contributed by atoms with Gasteiger partial charge in [-0.2, -0.15) is 0 Å². The third-order valence-corrected chi connectivity index (χ3v) is 13.1. The van der Waals surface area contributed by atoms with Gasteiger partial charge in [0.15, 0.2) is 11.6 Å². The summed E-state index contributed by atoms with van der Waals surface area (Å²) >= 11 is 1.34. The molecule has 64 heavy (non-hydrogen) atoms. The molecule has 7 atom stereocenters. The van der Waals surface area contributed by atoms with Gasteiger partial charge in [0.25, 0.3) is 5.91 Å². The highest BCUT2D eigenvalue weighted by molar-refractivity contribution is 7.09. The van der Waals surface area contributed by atoms with E-state index in [4.69, 9.17) is 24.9 Å². The lowest BCUT2D eigenvalue weighted by Gasteiger charge is -2.40. The number of nitrogens with one attached hydrogen (secondary N) is 2. The third kappa shape index (κ3) is 17.8. The summed E-state index contributed by atoms with van der Waals surface area (Å²) in [6.07, 6.45) is 5.36. The van der Waals surface area contributed by atoms with Crippen LogP contribution < -0.4 is 16.4 Å². The number of hydrogen-bond donors (Lipinski definition) is 4. The van der Waals surface area contributed by atoms with Crippen LogP contribution in [0.25, 0.3) is 0 Å². The van der Waals surface area contributed by atoms with Crippen molar-refractivity contribution in [2.24, 2.45) is 29.4 Å². The van der Waals surface area contributed by atoms with Crippen LogP contribution in [-0.2, 0) is 35.0 Å². The largest absolute Gasteiger partial charge is 0.508 e. The second-order valence-electron chi connectivity index (χ2n) is 17.7. The molecule has 1 fully saturated rings. The fourth-order valence-corrected chi connectivity index (χ4v) is 9.11. The van der Waals surface area contributed by atoms with E-state index in [-0.39, 0.29) is 85.4 Å². The molecule has 0 spiro atoms. The molecule has 3 amide bonds. The minimum Gasteiger partial charge on any atom is -0.508 e. The van der Waals surface area contributed by atoms with Crippen LogP contribution in [-0.4, -0.2) is 127 Å². The molecule has 15 nitrogen and oxygen atoms in total. The standard InChI is InChI=1S/C48H78N6O9S/c1-9-20-54(47(59)38(33(6)11-3)28-42(56)40-14-12-13-21-53(40)8)41(32(4)5)29-44(62-22-10-2)46-52-39(31-64-46)45(58)51-36(27-35-15-17-37(55)18-16-35)26-34(7)43(57)30-50-48(60)63-25-24-61-23-19-49/h15-18,31-34,36,38,40-41,44,55H,9-14,19-30,49H2,1-8H3,(H,50,60)(H,51,58)/t33-,34-,36+,38-,40+,41+,44+/m0/s1. The summed E-state index contributed by atoms with van der Waals surface area (Å²) in [6.45, 7) is 16.8. The van der Waals surface area contributed by atoms with Crippen molar-refractivity contribution < 1.29 is 43.3 Å². The second kappa shape index (κ2) is 28.8. The van der Waals surface area contributed by atoms with E-state index in [1.807, 2.05) is 18.9 Å². The predicted octanol–water partition coefficient (Wildman–Crippen LogP) is 6.71. The molecule has 1 aromatic carbocycles. The monoisotopic (exact) mass is 915 g/mol. The van der Waals surface area contributed by atoms with Crippen molar-refractivity contribution in [1.82, 2.24) is 25.4 Å². The van der Waals surface area contributed by atoms with Gasteiger partial charge in [-0.1, -0.05) is 73.4 Å². The van der Waals surface area contributed by atoms with E-state index >= 15 is 0 Å². The van der Waals surface area contributed by atoms with Gasteiger partial charge < -0.3 is 40.6 Å². The Kier molecular flexibility index (Phi) is 24.5. The number of thiazole rings is 1. The molecule has 5 N–H and O–H groups in total. The van der Waals surface area contributed by atoms with Crippen LogP contribution in [0.5, 0.6) is 5.75 Å². The maximum atomic E-state index is 14.8. The number of aromatic nitrogens is 1. The van der Waals surface area contributed by atoms with Crippen molar-refractivity contribution in [3.05, 3.63) is 45.9 Å². The Morgan fingerprint density at radius 1 is 0.984 bits per heavy atom. The molecule has 16 heteroatoms. The van der Waals surface area contributed by atoms with Gasteiger partial charge in [-0.05, 0) is 81.6 Å². The zero-order valence-electron chi connectivity index (χ0n) is 39.8. The number of carbonyl (C=O) groups is 5. The number of nitrogens with two attached hydrogens (primary N) is 1. The van der Waals surface area contributed by atoms with Crippen LogP contribution in [0.1, 0.15) is 133 Å². The molecule has 0 unspecified atom stereocenters. The number of piperidine rings is 1. The summed E-state index contributed by atoms with van der Waals surface area (Å²) in [7, 11) is 2.01. The van der Waals surface area contributed by atoms with Crippen LogP contribution in [0.4, 0.5) is 4.79 Å². The Labute approximate surface area is 385 Å². The molecule has 1 aliphatic rings. The summed E-state index contributed by atoms with van der Waals surface area (Å²) in [4.78, 5) is 76.9. The highest BCUT2D eigenvalue weighted by atomic mass is 32.1. The van der Waals surface area contributed by atoms with E-state index in [9.17, 15) is 29.1 Å². The number of benzene rings is 1. The van der Waals surface area contributed by atoms with Crippen molar-refractivity contribution in [3.63, 3.8) is 0 Å². The van der Waals surface area contributed by atoms with Gasteiger partial charge in [0.1, 0.15) is 29.2 Å². The van der Waals surface area contributed by atoms with Gasteiger partial charge in [-0.25, -0.2) is 9.78 Å². The van der Waals surface area contributed by atoms with Crippen molar-refractivity contribution >= 4 is 40.8 Å². The zero-order chi connectivity index (χ0) is 47.2. The summed E-state index contributed by atoms with van der Waals surface area (Å²) in [5.74, 6) is -1.24. The minimum absolute atomic E-state index is 0.0161. The van der Waals surface area contributed by atoms with Crippen LogP contribution in [0.3, 0.4) is 0 Å². The second-order valence-corrected chi connectivity index (χ2v) is 18.6. The summed E-state index contributed by atoms with van der Waals surface area (Å²) in [6, 6.07) is 5.82. The topological polar surface area (TPSA) is 203 Å². The van der Waals surface area contributed by atoms with E-state index in [0.717, 1.165) is 50.6 Å². The van der Waals surface area contributed by atoms with Crippen LogP contribution in [0, 0.1) is 23.7 Å². The molecule has 0 radical (unpaired) electrons. The number of carbonyl (C=O) groups excluding carboxylic acids is 5. The number of hydrogen-bond acceptors (Lipinski definition) is 13. The number of rotatable bonds is 30. The first-order valence-corrected chi connectivity index (χ1v) is 24.4. The van der Waals surface area contributed by atoms with E-state index < -0.39 is 36.0 Å². The molecule has 0 saturated carbocycles. The minimum atomic E-state index is -0.736. The maximum absolute atomic E-state index is 14.8. The number of aromatic hydroxyl groups is 1. The van der Waals surface area contributed by atoms with E-state index in [2.05, 4.69) is 50.2 Å². The fourth-order valence-electron chi connectivity index (χ4n) is 8.25. The SMILES string of the molecule is CCCO[C@H](C[C@H](C(C)C)N(CCC)C(=O)[C@@H](CC(=O)[C@H]1CCCCN1C)[C@@H](C)CC)c1nc(C(=O)N[C@@H](Cc2ccc(O)cc2)C[C@H](C)C(=O)CNC(=O)OCCOCCN)cs1. The lowest BCUT2D eigenvalue weighted by molar-refractivity contribution is -0.145. The van der Waals surface area contributed by atoms with Crippen molar-refractivity contribution in [3.8, 4) is 5.75 Å². The summed E-state index contributed by atoms with van der Waals surface area (Å²) in [5, 5.41) is 17.8. The lowest BCUT2D eigenvalue weighted by Crippen LogP contribution is -2.50. The molecule has 1 saturated heterocycles. The molecule has 360 valence electrons. The molecule has 0 aliphatic carbocycles. The number of ketones is 2. The van der Waals surface area contributed by atoms with E-state index in [1.165, 1.54) is 11.3 Å². The van der Waals surface area contributed by atoms with Crippen LogP contribution in [0.15, 0.2) is 29.6 Å². The van der Waals surface area contributed by atoms with Crippen molar-refractivity contribution in [2.75, 3.05) is 59.7 Å². The van der Waals surface area contributed by atoms with E-state index in [1.54, 1.807) is 36.6 Å². The third-order valence-electron chi connectivity index (χ3n) is 12.2. The zero-order valence-corrected chi connectivity index (χ0v) is 40.6. The molecule has 2 aromatic rings. The molecule has 1 aliphatic heterocycles. The number of likely N-dealkylation sites (N-methyl/N-ethyl adjacent to an activating group) is 1. The number of phenols is 1. The van der Waals surface area contributed by atoms with Crippen molar-refractivity contribution in [2.45, 2.75) is 137 Å². The number of alkyl carbamates (subject to hydrolysis) is 1. The Morgan fingerprint density at radius 3 is 2.36 bits per heavy atom. The molecule has 3 rings (SSSR count). The Balaban J connectivity index is 1.81. The quantitative estimate of drug-likeness (QED) is 0.0605. The van der Waals surface area contributed by atoms with Crippen molar-refractivity contribution in [1.29, 1.82) is 0 Å². The first-order chi connectivity index (χ1) is 30.6. The number of likely N-dealkylation sites (tertiary alicyclic amines) is 1. The van der Waals surface area contributed by atoms with Gasteiger partial charge in [-0.3, -0.25) is 24.1 Å². The van der Waals surface area contributed by atoms with Gasteiger partial charge >= 0.3 is 6.09 Å². The molecular formula is C48H78N6O9S. The molecule has 0 bridgehead atoms. The van der Waals surface area contributed by atoms with Gasteiger partial charge in [0.2, 0.25) is 5.91 Å². The lowest BCUT2D eigenvalue weighted by atomic mass is 9.82. The number of amides is 3. The Hall–Kier alpha value is -3.96. The summed E-state index contributed by atoms with van der Waals surface area (Å²) < 4.78 is 16.7. The normalized spacial score (nSPS) is 17.2. The Bertz CT molecular complexity index is 1730. The number of phenolic OH excluding ortho intramolecular Hbond substituents is 1. The summed E-state index contributed by atoms with van der Waals surface area (Å²) in [5.41, 5.74) is 6.46. The average Bonchev–Trinajstić information content (AvgIpc) is 3.77. The van der Waals surface area contributed by atoms with Crippen LogP contribution >= 0.6 is 11.3 Å². The highest BCUT2D eigenvalue weighted by Gasteiger charge is 2.38. The van der Waals surface area contributed by atoms with Gasteiger partial charge in [0, 0.05) is 61.8 Å². The first-order valence-electron chi connectivity index (χ1n) is 23.5. The number of Topliss-reactive ketones (excluding diaryl/α,β-unsaturated/α-hetero) is 2.